The van der Waals surface area contributed by atoms with Crippen LogP contribution < -0.4 is 25.8 Å². The second-order valence-corrected chi connectivity index (χ2v) is 15.5. The molecule has 4 aliphatic heterocycles. The third kappa shape index (κ3) is 8.18. The number of piperazine rings is 1. The number of carbonyl (C=O) groups excluding carboxylic acids is 3. The van der Waals surface area contributed by atoms with Crippen LogP contribution in [0.2, 0.25) is 0 Å². The minimum Gasteiger partial charge on any atom is -0.477 e. The van der Waals surface area contributed by atoms with Crippen LogP contribution in [0.15, 0.2) is 59.5 Å². The highest BCUT2D eigenvalue weighted by Crippen LogP contribution is 2.27. The fourth-order valence-electron chi connectivity index (χ4n) is 8.42. The summed E-state index contributed by atoms with van der Waals surface area (Å²) in [4.78, 5) is 66.7. The molecule has 0 spiro atoms. The van der Waals surface area contributed by atoms with Crippen molar-refractivity contribution in [3.63, 3.8) is 0 Å². The van der Waals surface area contributed by atoms with E-state index in [9.17, 15) is 24.4 Å². The Morgan fingerprint density at radius 1 is 0.982 bits per heavy atom. The molecule has 0 bridgehead atoms. The van der Waals surface area contributed by atoms with E-state index in [1.54, 1.807) is 24.4 Å². The summed E-state index contributed by atoms with van der Waals surface area (Å²) < 4.78 is 7.30. The number of anilines is 1. The Hall–Kier alpha value is -5.56. The van der Waals surface area contributed by atoms with E-state index in [4.69, 9.17) is 4.74 Å². The number of benzene rings is 2. The van der Waals surface area contributed by atoms with Gasteiger partial charge in [-0.3, -0.25) is 34.3 Å². The number of nitrogens with one attached hydrogen (secondary N) is 2. The Morgan fingerprint density at radius 2 is 1.82 bits per heavy atom. The van der Waals surface area contributed by atoms with Crippen LogP contribution in [0.25, 0.3) is 22.2 Å². The number of aryl methyl sites for hydroxylation is 1. The number of likely N-dealkylation sites (tertiary alicyclic amines) is 1. The first-order chi connectivity index (χ1) is 27.2. The molecule has 0 saturated carbocycles. The second-order valence-electron chi connectivity index (χ2n) is 15.5. The van der Waals surface area contributed by atoms with Gasteiger partial charge in [0.05, 0.1) is 41.9 Å². The number of carbonyl (C=O) groups is 3. The fraction of sp³-hybridized carbons (Fsp3) is 0.463. The lowest BCUT2D eigenvalue weighted by atomic mass is 9.90. The molecule has 4 saturated heterocycles. The van der Waals surface area contributed by atoms with Crippen molar-refractivity contribution < 1.29 is 19.1 Å². The number of rotatable bonds is 11. The number of ether oxygens (including phenoxy) is 1. The molecule has 2 aromatic heterocycles. The lowest BCUT2D eigenvalue weighted by Crippen LogP contribution is -2.57. The Labute approximate surface area is 324 Å². The van der Waals surface area contributed by atoms with Crippen LogP contribution in [0.3, 0.4) is 0 Å². The van der Waals surface area contributed by atoms with Crippen molar-refractivity contribution in [1.82, 2.24) is 40.2 Å². The van der Waals surface area contributed by atoms with Crippen molar-refractivity contribution in [3.8, 4) is 23.3 Å². The molecule has 56 heavy (non-hydrogen) atoms. The summed E-state index contributed by atoms with van der Waals surface area (Å²) in [5.74, 6) is 1.19. The molecule has 15 nitrogen and oxygen atoms in total. The Bertz CT molecular complexity index is 2240. The summed E-state index contributed by atoms with van der Waals surface area (Å²) in [5, 5.41) is 20.8. The summed E-state index contributed by atoms with van der Waals surface area (Å²) in [5.41, 5.74) is 2.69. The van der Waals surface area contributed by atoms with E-state index >= 15 is 0 Å². The first-order valence-corrected chi connectivity index (χ1v) is 19.5. The summed E-state index contributed by atoms with van der Waals surface area (Å²) in [6, 6.07) is 15.9. The van der Waals surface area contributed by atoms with Crippen LogP contribution in [-0.4, -0.2) is 119 Å². The Kier molecular flexibility index (Phi) is 10.9. The van der Waals surface area contributed by atoms with Gasteiger partial charge in [-0.15, -0.1) is 0 Å². The van der Waals surface area contributed by atoms with E-state index in [0.29, 0.717) is 47.4 Å². The molecule has 4 aromatic rings. The first-order valence-electron chi connectivity index (χ1n) is 19.5. The molecule has 2 N–H and O–H groups in total. The maximum absolute atomic E-state index is 13.4. The van der Waals surface area contributed by atoms with Crippen molar-refractivity contribution in [1.29, 1.82) is 5.26 Å². The predicted octanol–water partition coefficient (Wildman–Crippen LogP) is 2.08. The minimum atomic E-state index is -0.790. The highest BCUT2D eigenvalue weighted by molar-refractivity contribution is 5.99. The highest BCUT2D eigenvalue weighted by atomic mass is 16.5. The molecular weight excluding hydrogens is 713 g/mol. The maximum Gasteiger partial charge on any atom is 0.275 e. The van der Waals surface area contributed by atoms with Gasteiger partial charge in [0.2, 0.25) is 11.8 Å². The number of hydrogen-bond donors (Lipinski definition) is 2. The molecular formula is C41H46N10O5. The van der Waals surface area contributed by atoms with E-state index in [0.717, 1.165) is 81.8 Å². The van der Waals surface area contributed by atoms with Crippen LogP contribution in [-0.2, 0) is 14.4 Å². The van der Waals surface area contributed by atoms with Gasteiger partial charge in [0, 0.05) is 81.1 Å². The zero-order valence-corrected chi connectivity index (χ0v) is 31.5. The number of piperidine rings is 2. The van der Waals surface area contributed by atoms with Gasteiger partial charge in [-0.25, -0.2) is 9.67 Å². The molecule has 290 valence electrons. The zero-order chi connectivity index (χ0) is 38.8. The van der Waals surface area contributed by atoms with E-state index in [-0.39, 0.29) is 42.1 Å². The van der Waals surface area contributed by atoms with Crippen LogP contribution in [0.5, 0.6) is 5.88 Å². The Morgan fingerprint density at radius 3 is 2.62 bits per heavy atom. The van der Waals surface area contributed by atoms with E-state index < -0.39 is 11.9 Å². The molecule has 0 aliphatic carbocycles. The molecule has 6 heterocycles. The lowest BCUT2D eigenvalue weighted by Gasteiger charge is -2.44. The molecule has 8 rings (SSSR count). The average Bonchev–Trinajstić information content (AvgIpc) is 3.21. The van der Waals surface area contributed by atoms with E-state index in [1.807, 2.05) is 37.3 Å². The van der Waals surface area contributed by atoms with Gasteiger partial charge in [0.15, 0.2) is 11.6 Å². The van der Waals surface area contributed by atoms with Crippen LogP contribution in [0.4, 0.5) is 5.69 Å². The predicted molar refractivity (Wildman–Crippen MR) is 208 cm³/mol. The highest BCUT2D eigenvalue weighted by Gasteiger charge is 2.34. The SMILES string of the molecule is Cc1nn(C2CCC(=O)NC2=O)c(=O)c2ccc(N3CCN(CC4CN(CC(=O)C5CC(COc6ccnc(-c7cccc(C#N)c7)n6)CCN5)C4)CC3)cc12. The van der Waals surface area contributed by atoms with Crippen molar-refractivity contribution in [3.05, 3.63) is 76.3 Å². The fourth-order valence-corrected chi connectivity index (χ4v) is 8.42. The maximum atomic E-state index is 13.4. The van der Waals surface area contributed by atoms with E-state index in [1.165, 1.54) is 4.68 Å². The number of nitriles is 1. The number of nitrogens with zero attached hydrogens (tertiary/aromatic N) is 8. The number of hydrogen-bond acceptors (Lipinski definition) is 13. The van der Waals surface area contributed by atoms with Crippen molar-refractivity contribution in [2.24, 2.45) is 11.8 Å². The molecule has 2 aromatic carbocycles. The summed E-state index contributed by atoms with van der Waals surface area (Å²) in [6.45, 7) is 10.0. The molecule has 3 atom stereocenters. The number of imide groups is 1. The normalized spacial score (nSPS) is 22.4. The third-order valence-electron chi connectivity index (χ3n) is 11.5. The monoisotopic (exact) mass is 758 g/mol. The molecule has 2 amide bonds. The van der Waals surface area contributed by atoms with Gasteiger partial charge in [0.1, 0.15) is 6.04 Å². The number of amides is 2. The zero-order valence-electron chi connectivity index (χ0n) is 31.5. The van der Waals surface area contributed by atoms with E-state index in [2.05, 4.69) is 46.5 Å². The van der Waals surface area contributed by atoms with Crippen LogP contribution in [0, 0.1) is 30.1 Å². The van der Waals surface area contributed by atoms with Crippen LogP contribution in [0.1, 0.15) is 43.0 Å². The average molecular weight is 759 g/mol. The first kappa shape index (κ1) is 37.4. The topological polar surface area (TPSA) is 179 Å². The standard InChI is InChI=1S/C41H46N10O5/c1-26-33-19-31(5-6-32(33)41(55)51(47-26)35-7-8-37(53)45-40(35)54)50-15-13-48(14-16-50)21-29-22-49(23-29)24-36(52)34-18-28(9-11-43-34)25-56-38-10-12-44-39(46-38)30-4-2-3-27(17-30)20-42/h2-6,10,12,17,19,28-29,34-35,43H,7-9,11,13-16,18,21-25H2,1H3,(H,45,53,54). The summed E-state index contributed by atoms with van der Waals surface area (Å²) in [6.07, 6.45) is 3.76. The second kappa shape index (κ2) is 16.3. The third-order valence-corrected chi connectivity index (χ3v) is 11.5. The number of aromatic nitrogens is 4. The molecule has 4 fully saturated rings. The summed E-state index contributed by atoms with van der Waals surface area (Å²) in [7, 11) is 0. The van der Waals surface area contributed by atoms with Gasteiger partial charge in [0.25, 0.3) is 11.5 Å². The summed E-state index contributed by atoms with van der Waals surface area (Å²) >= 11 is 0. The minimum absolute atomic E-state index is 0.180. The van der Waals surface area contributed by atoms with Gasteiger partial charge in [-0.05, 0) is 74.9 Å². The molecule has 0 radical (unpaired) electrons. The number of Topliss-reactive ketones (excluding diaryl/α,β-unsaturated/α-hetero) is 1. The molecule has 4 aliphatic rings. The molecule has 15 heteroatoms. The van der Waals surface area contributed by atoms with Gasteiger partial charge in [-0.2, -0.15) is 15.3 Å². The van der Waals surface area contributed by atoms with Crippen LogP contribution >= 0.6 is 0 Å². The lowest BCUT2D eigenvalue weighted by molar-refractivity contribution is -0.136. The van der Waals surface area contributed by atoms with Gasteiger partial charge in [-0.1, -0.05) is 12.1 Å². The largest absolute Gasteiger partial charge is 0.477 e. The molecule has 3 unspecified atom stereocenters. The number of ketones is 1. The van der Waals surface area contributed by atoms with Crippen molar-refractivity contribution >= 4 is 34.1 Å². The Balaban J connectivity index is 0.768. The van der Waals surface area contributed by atoms with Gasteiger partial charge < -0.3 is 15.0 Å². The van der Waals surface area contributed by atoms with Crippen molar-refractivity contribution in [2.75, 3.05) is 70.4 Å². The van der Waals surface area contributed by atoms with Crippen molar-refractivity contribution in [2.45, 2.75) is 44.7 Å². The quantitative estimate of drug-likeness (QED) is 0.213. The smallest absolute Gasteiger partial charge is 0.275 e. The van der Waals surface area contributed by atoms with Gasteiger partial charge >= 0.3 is 0 Å². The number of fused-ring (bicyclic) bond motifs is 1.